The third kappa shape index (κ3) is 3.59. The lowest BCUT2D eigenvalue weighted by Gasteiger charge is -2.27. The van der Waals surface area contributed by atoms with Gasteiger partial charge in [-0.1, -0.05) is 60.7 Å². The highest BCUT2D eigenvalue weighted by Crippen LogP contribution is 2.33. The lowest BCUT2D eigenvalue weighted by Crippen LogP contribution is -2.46. The van der Waals surface area contributed by atoms with Gasteiger partial charge in [0.2, 0.25) is 0 Å². The number of Topliss-reactive ketones (excluding diaryl/α,β-unsaturated/α-hetero) is 1. The second-order valence-corrected chi connectivity index (χ2v) is 7.19. The Hall–Kier alpha value is -3.80. The van der Waals surface area contributed by atoms with E-state index in [0.29, 0.717) is 5.56 Å². The van der Waals surface area contributed by atoms with Crippen molar-refractivity contribution in [1.29, 1.82) is 0 Å². The summed E-state index contributed by atoms with van der Waals surface area (Å²) < 4.78 is 13.1. The molecule has 1 N–H and O–H groups in total. The van der Waals surface area contributed by atoms with Crippen molar-refractivity contribution in [2.24, 2.45) is 0 Å². The summed E-state index contributed by atoms with van der Waals surface area (Å²) in [5.74, 6) is -1.40. The van der Waals surface area contributed by atoms with E-state index in [1.165, 1.54) is 24.3 Å². The standard InChI is InChI=1S/C24H19FN2O3/c25-20-13-11-18(12-14-20)21(28)16-27-22(29)24(26-23(27)30,19-9-5-2-6-10-19)15-17-7-3-1-4-8-17/h1-14H,15-16H2,(H,26,30). The summed E-state index contributed by atoms with van der Waals surface area (Å²) in [5.41, 5.74) is 0.450. The second kappa shape index (κ2) is 7.91. The van der Waals surface area contributed by atoms with Crippen molar-refractivity contribution >= 4 is 17.7 Å². The lowest BCUT2D eigenvalue weighted by molar-refractivity contribution is -0.131. The maximum Gasteiger partial charge on any atom is 0.325 e. The molecule has 1 unspecified atom stereocenters. The molecule has 0 radical (unpaired) electrons. The minimum Gasteiger partial charge on any atom is -0.319 e. The molecule has 4 rings (SSSR count). The van der Waals surface area contributed by atoms with Crippen LogP contribution in [0, 0.1) is 5.82 Å². The highest BCUT2D eigenvalue weighted by Gasteiger charge is 2.52. The van der Waals surface area contributed by atoms with Crippen molar-refractivity contribution in [3.63, 3.8) is 0 Å². The second-order valence-electron chi connectivity index (χ2n) is 7.19. The van der Waals surface area contributed by atoms with Crippen LogP contribution in [0.5, 0.6) is 0 Å². The summed E-state index contributed by atoms with van der Waals surface area (Å²) in [6.45, 7) is -0.417. The van der Waals surface area contributed by atoms with E-state index < -0.39 is 35.6 Å². The zero-order valence-corrected chi connectivity index (χ0v) is 16.0. The fourth-order valence-electron chi connectivity index (χ4n) is 3.68. The molecule has 150 valence electrons. The van der Waals surface area contributed by atoms with Gasteiger partial charge in [0.15, 0.2) is 11.3 Å². The Bertz CT molecular complexity index is 1080. The van der Waals surface area contributed by atoms with Gasteiger partial charge in [-0.05, 0) is 35.4 Å². The average molecular weight is 402 g/mol. The molecule has 0 aromatic heterocycles. The quantitative estimate of drug-likeness (QED) is 0.505. The van der Waals surface area contributed by atoms with E-state index in [0.717, 1.165) is 10.5 Å². The van der Waals surface area contributed by atoms with Crippen LogP contribution in [0.3, 0.4) is 0 Å². The van der Waals surface area contributed by atoms with Gasteiger partial charge in [0.05, 0.1) is 6.54 Å². The molecule has 1 saturated heterocycles. The van der Waals surface area contributed by atoms with Crippen LogP contribution in [0.2, 0.25) is 0 Å². The SMILES string of the molecule is O=C(CN1C(=O)NC(Cc2ccccc2)(c2ccccc2)C1=O)c1ccc(F)cc1. The van der Waals surface area contributed by atoms with Crippen LogP contribution in [0.15, 0.2) is 84.9 Å². The van der Waals surface area contributed by atoms with Gasteiger partial charge in [-0.25, -0.2) is 9.18 Å². The number of nitrogens with zero attached hydrogens (tertiary/aromatic N) is 1. The molecule has 30 heavy (non-hydrogen) atoms. The number of carbonyl (C=O) groups excluding carboxylic acids is 3. The third-order valence-corrected chi connectivity index (χ3v) is 5.22. The third-order valence-electron chi connectivity index (χ3n) is 5.22. The Morgan fingerprint density at radius 3 is 2.10 bits per heavy atom. The predicted octanol–water partition coefficient (Wildman–Crippen LogP) is 3.70. The maximum absolute atomic E-state index is 13.5. The van der Waals surface area contributed by atoms with Crippen molar-refractivity contribution in [3.8, 4) is 0 Å². The molecule has 3 amide bonds. The van der Waals surface area contributed by atoms with Crippen molar-refractivity contribution < 1.29 is 18.8 Å². The number of benzene rings is 3. The minimum atomic E-state index is -1.30. The highest BCUT2D eigenvalue weighted by molar-refractivity contribution is 6.11. The van der Waals surface area contributed by atoms with E-state index >= 15 is 0 Å². The molecule has 3 aromatic carbocycles. The van der Waals surface area contributed by atoms with Crippen LogP contribution in [0.25, 0.3) is 0 Å². The molecule has 5 nitrogen and oxygen atoms in total. The first-order chi connectivity index (χ1) is 14.5. The summed E-state index contributed by atoms with van der Waals surface area (Å²) in [5, 5.41) is 2.82. The Labute approximate surface area is 173 Å². The molecule has 1 aliphatic rings. The molecule has 0 spiro atoms. The number of carbonyl (C=O) groups is 3. The summed E-state index contributed by atoms with van der Waals surface area (Å²) in [4.78, 5) is 39.8. The Morgan fingerprint density at radius 1 is 0.867 bits per heavy atom. The predicted molar refractivity (Wildman–Crippen MR) is 109 cm³/mol. The summed E-state index contributed by atoms with van der Waals surface area (Å²) in [7, 11) is 0. The van der Waals surface area contributed by atoms with Gasteiger partial charge in [-0.15, -0.1) is 0 Å². The smallest absolute Gasteiger partial charge is 0.319 e. The highest BCUT2D eigenvalue weighted by atomic mass is 19.1. The number of hydrogen-bond acceptors (Lipinski definition) is 3. The minimum absolute atomic E-state index is 0.234. The summed E-state index contributed by atoms with van der Waals surface area (Å²) in [6.07, 6.45) is 0.254. The van der Waals surface area contributed by atoms with Crippen molar-refractivity contribution in [1.82, 2.24) is 10.2 Å². The number of urea groups is 1. The van der Waals surface area contributed by atoms with E-state index in [9.17, 15) is 18.8 Å². The lowest BCUT2D eigenvalue weighted by atomic mass is 9.83. The van der Waals surface area contributed by atoms with Gasteiger partial charge in [0.1, 0.15) is 5.82 Å². The molecule has 1 fully saturated rings. The normalized spacial score (nSPS) is 18.4. The number of amides is 3. The van der Waals surface area contributed by atoms with Crippen LogP contribution in [-0.4, -0.2) is 29.2 Å². The number of nitrogens with one attached hydrogen (secondary N) is 1. The van der Waals surface area contributed by atoms with Crippen molar-refractivity contribution in [2.45, 2.75) is 12.0 Å². The average Bonchev–Trinajstić information content (AvgIpc) is 3.00. The Balaban J connectivity index is 1.67. The van der Waals surface area contributed by atoms with Crippen LogP contribution >= 0.6 is 0 Å². The van der Waals surface area contributed by atoms with E-state index in [1.807, 2.05) is 36.4 Å². The van der Waals surface area contributed by atoms with E-state index in [1.54, 1.807) is 24.3 Å². The molecule has 3 aromatic rings. The van der Waals surface area contributed by atoms with Gasteiger partial charge < -0.3 is 5.32 Å². The molecule has 1 aliphatic heterocycles. The molecule has 0 aliphatic carbocycles. The number of imide groups is 1. The van der Waals surface area contributed by atoms with E-state index in [-0.39, 0.29) is 12.0 Å². The van der Waals surface area contributed by atoms with Crippen LogP contribution in [0.4, 0.5) is 9.18 Å². The van der Waals surface area contributed by atoms with E-state index in [4.69, 9.17) is 0 Å². The summed E-state index contributed by atoms with van der Waals surface area (Å²) in [6, 6.07) is 22.8. The number of halogens is 1. The van der Waals surface area contributed by atoms with Gasteiger partial charge in [-0.3, -0.25) is 14.5 Å². The van der Waals surface area contributed by atoms with Crippen LogP contribution in [-0.2, 0) is 16.8 Å². The Kier molecular flexibility index (Phi) is 5.14. The topological polar surface area (TPSA) is 66.5 Å². The van der Waals surface area contributed by atoms with Crippen molar-refractivity contribution in [2.75, 3.05) is 6.54 Å². The molecule has 6 heteroatoms. The van der Waals surface area contributed by atoms with Gasteiger partial charge in [0, 0.05) is 12.0 Å². The van der Waals surface area contributed by atoms with Crippen molar-refractivity contribution in [3.05, 3.63) is 107 Å². The molecule has 1 heterocycles. The Morgan fingerprint density at radius 2 is 1.47 bits per heavy atom. The molecular formula is C24H19FN2O3. The fourth-order valence-corrected chi connectivity index (χ4v) is 3.68. The first-order valence-corrected chi connectivity index (χ1v) is 9.52. The van der Waals surface area contributed by atoms with Crippen LogP contribution < -0.4 is 5.32 Å². The summed E-state index contributed by atoms with van der Waals surface area (Å²) >= 11 is 0. The fraction of sp³-hybridized carbons (Fsp3) is 0.125. The zero-order chi connectivity index (χ0) is 21.1. The zero-order valence-electron chi connectivity index (χ0n) is 16.0. The largest absolute Gasteiger partial charge is 0.325 e. The monoisotopic (exact) mass is 402 g/mol. The maximum atomic E-state index is 13.5. The number of hydrogen-bond donors (Lipinski definition) is 1. The van der Waals surface area contributed by atoms with Crippen LogP contribution in [0.1, 0.15) is 21.5 Å². The first-order valence-electron chi connectivity index (χ1n) is 9.52. The molecule has 1 atom stereocenters. The van der Waals surface area contributed by atoms with Gasteiger partial charge in [-0.2, -0.15) is 0 Å². The van der Waals surface area contributed by atoms with E-state index in [2.05, 4.69) is 5.32 Å². The first kappa shape index (κ1) is 19.5. The number of ketones is 1. The molecule has 0 saturated carbocycles. The van der Waals surface area contributed by atoms with Gasteiger partial charge >= 0.3 is 6.03 Å². The molecule has 0 bridgehead atoms. The number of rotatable bonds is 6. The molecular weight excluding hydrogens is 383 g/mol. The van der Waals surface area contributed by atoms with Gasteiger partial charge in [0.25, 0.3) is 5.91 Å².